The summed E-state index contributed by atoms with van der Waals surface area (Å²) in [6.07, 6.45) is 2.06. The number of nitrogens with zero attached hydrogens (tertiary/aromatic N) is 4. The van der Waals surface area contributed by atoms with E-state index in [0.717, 1.165) is 18.5 Å². The van der Waals surface area contributed by atoms with Crippen LogP contribution in [0.2, 0.25) is 0 Å². The minimum Gasteiger partial charge on any atom is -0.351 e. The van der Waals surface area contributed by atoms with Gasteiger partial charge in [0, 0.05) is 12.6 Å². The quantitative estimate of drug-likeness (QED) is 0.800. The molecule has 0 amide bonds. The van der Waals surface area contributed by atoms with Crippen molar-refractivity contribution >= 4 is 5.95 Å². The minimum atomic E-state index is 0.121. The SMILES string of the molecule is CCCC(N)CNc1nnnn1-c1ccccc1. The Morgan fingerprint density at radius 2 is 2.11 bits per heavy atom. The van der Waals surface area contributed by atoms with E-state index in [4.69, 9.17) is 5.73 Å². The number of anilines is 1. The summed E-state index contributed by atoms with van der Waals surface area (Å²) in [5, 5.41) is 14.8. The molecule has 1 heterocycles. The molecule has 6 nitrogen and oxygen atoms in total. The van der Waals surface area contributed by atoms with E-state index < -0.39 is 0 Å². The van der Waals surface area contributed by atoms with Crippen LogP contribution in [0.1, 0.15) is 19.8 Å². The van der Waals surface area contributed by atoms with Gasteiger partial charge in [0.1, 0.15) is 0 Å². The van der Waals surface area contributed by atoms with Crippen molar-refractivity contribution in [1.29, 1.82) is 0 Å². The van der Waals surface area contributed by atoms with Gasteiger partial charge in [0.05, 0.1) is 5.69 Å². The maximum atomic E-state index is 5.95. The van der Waals surface area contributed by atoms with Crippen LogP contribution in [0.4, 0.5) is 5.95 Å². The maximum Gasteiger partial charge on any atom is 0.247 e. The highest BCUT2D eigenvalue weighted by Gasteiger charge is 2.08. The van der Waals surface area contributed by atoms with Gasteiger partial charge in [-0.2, -0.15) is 4.68 Å². The predicted molar refractivity (Wildman–Crippen MR) is 70.5 cm³/mol. The Kier molecular flexibility index (Phi) is 4.25. The standard InChI is InChI=1S/C12H18N6/c1-2-6-10(13)9-14-12-15-16-17-18(12)11-7-4-3-5-8-11/h3-5,7-8,10H,2,6,9,13H2,1H3,(H,14,15,17). The Bertz CT molecular complexity index is 466. The lowest BCUT2D eigenvalue weighted by molar-refractivity contribution is 0.623. The number of nitrogens with one attached hydrogen (secondary N) is 1. The monoisotopic (exact) mass is 246 g/mol. The fourth-order valence-electron chi connectivity index (χ4n) is 1.74. The van der Waals surface area contributed by atoms with Crippen molar-refractivity contribution in [2.45, 2.75) is 25.8 Å². The van der Waals surface area contributed by atoms with Crippen LogP contribution in [-0.4, -0.2) is 32.8 Å². The third-order valence-corrected chi connectivity index (χ3v) is 2.65. The smallest absolute Gasteiger partial charge is 0.247 e. The van der Waals surface area contributed by atoms with Crippen molar-refractivity contribution in [2.24, 2.45) is 5.73 Å². The summed E-state index contributed by atoms with van der Waals surface area (Å²) in [5.41, 5.74) is 6.87. The second kappa shape index (κ2) is 6.11. The van der Waals surface area contributed by atoms with Crippen LogP contribution in [0.15, 0.2) is 30.3 Å². The topological polar surface area (TPSA) is 81.7 Å². The molecule has 0 aliphatic heterocycles. The van der Waals surface area contributed by atoms with Crippen LogP contribution in [-0.2, 0) is 0 Å². The molecule has 1 aromatic heterocycles. The van der Waals surface area contributed by atoms with Crippen LogP contribution in [0.5, 0.6) is 0 Å². The number of rotatable bonds is 6. The number of hydrogen-bond donors (Lipinski definition) is 2. The highest BCUT2D eigenvalue weighted by atomic mass is 15.6. The first-order valence-electron chi connectivity index (χ1n) is 6.14. The van der Waals surface area contributed by atoms with Gasteiger partial charge < -0.3 is 11.1 Å². The van der Waals surface area contributed by atoms with Gasteiger partial charge in [0.2, 0.25) is 5.95 Å². The zero-order valence-corrected chi connectivity index (χ0v) is 10.5. The number of benzene rings is 1. The van der Waals surface area contributed by atoms with Crippen molar-refractivity contribution in [1.82, 2.24) is 20.2 Å². The van der Waals surface area contributed by atoms with E-state index in [1.165, 1.54) is 0 Å². The number of aromatic nitrogens is 4. The molecule has 0 aliphatic rings. The molecule has 0 spiro atoms. The average molecular weight is 246 g/mol. The fraction of sp³-hybridized carbons (Fsp3) is 0.417. The lowest BCUT2D eigenvalue weighted by atomic mass is 10.2. The second-order valence-electron chi connectivity index (χ2n) is 4.18. The Balaban J connectivity index is 2.05. The van der Waals surface area contributed by atoms with E-state index in [1.54, 1.807) is 4.68 Å². The second-order valence-corrected chi connectivity index (χ2v) is 4.18. The molecule has 1 aromatic carbocycles. The number of hydrogen-bond acceptors (Lipinski definition) is 5. The molecule has 2 rings (SSSR count). The fourth-order valence-corrected chi connectivity index (χ4v) is 1.74. The molecule has 0 saturated carbocycles. The molecule has 0 saturated heterocycles. The molecule has 0 radical (unpaired) electrons. The van der Waals surface area contributed by atoms with Crippen LogP contribution in [0.3, 0.4) is 0 Å². The van der Waals surface area contributed by atoms with Gasteiger partial charge in [0.15, 0.2) is 0 Å². The third kappa shape index (κ3) is 3.04. The van der Waals surface area contributed by atoms with E-state index in [9.17, 15) is 0 Å². The summed E-state index contributed by atoms with van der Waals surface area (Å²) >= 11 is 0. The van der Waals surface area contributed by atoms with Gasteiger partial charge in [-0.15, -0.1) is 0 Å². The Morgan fingerprint density at radius 1 is 1.33 bits per heavy atom. The maximum absolute atomic E-state index is 5.95. The zero-order chi connectivity index (χ0) is 12.8. The molecule has 3 N–H and O–H groups in total. The molecular weight excluding hydrogens is 228 g/mol. The lowest BCUT2D eigenvalue weighted by Gasteiger charge is -2.11. The average Bonchev–Trinajstić information content (AvgIpc) is 2.86. The van der Waals surface area contributed by atoms with Crippen LogP contribution < -0.4 is 11.1 Å². The molecule has 0 aliphatic carbocycles. The molecule has 0 bridgehead atoms. The molecular formula is C12H18N6. The first kappa shape index (κ1) is 12.5. The van der Waals surface area contributed by atoms with Gasteiger partial charge >= 0.3 is 0 Å². The van der Waals surface area contributed by atoms with Crippen LogP contribution >= 0.6 is 0 Å². The van der Waals surface area contributed by atoms with Gasteiger partial charge in [-0.3, -0.25) is 0 Å². The van der Waals surface area contributed by atoms with Crippen LogP contribution in [0.25, 0.3) is 5.69 Å². The van der Waals surface area contributed by atoms with E-state index in [1.807, 2.05) is 30.3 Å². The molecule has 2 aromatic rings. The summed E-state index contributed by atoms with van der Waals surface area (Å²) in [4.78, 5) is 0. The summed E-state index contributed by atoms with van der Waals surface area (Å²) in [5.74, 6) is 0.618. The van der Waals surface area contributed by atoms with E-state index in [2.05, 4.69) is 27.8 Å². The normalized spacial score (nSPS) is 12.3. The Morgan fingerprint density at radius 3 is 2.83 bits per heavy atom. The predicted octanol–water partition coefficient (Wildman–Crippen LogP) is 1.20. The number of nitrogens with two attached hydrogens (primary N) is 1. The largest absolute Gasteiger partial charge is 0.351 e. The lowest BCUT2D eigenvalue weighted by Crippen LogP contribution is -2.29. The van der Waals surface area contributed by atoms with Crippen molar-refractivity contribution in [2.75, 3.05) is 11.9 Å². The Labute approximate surface area is 106 Å². The highest BCUT2D eigenvalue weighted by Crippen LogP contribution is 2.10. The molecule has 6 heteroatoms. The highest BCUT2D eigenvalue weighted by molar-refractivity contribution is 5.38. The molecule has 96 valence electrons. The first-order chi connectivity index (χ1) is 8.81. The minimum absolute atomic E-state index is 0.121. The summed E-state index contributed by atoms with van der Waals surface area (Å²) < 4.78 is 1.67. The van der Waals surface area contributed by atoms with Gasteiger partial charge in [0.25, 0.3) is 0 Å². The van der Waals surface area contributed by atoms with Gasteiger partial charge in [-0.25, -0.2) is 0 Å². The number of para-hydroxylation sites is 1. The molecule has 0 fully saturated rings. The summed E-state index contributed by atoms with van der Waals surface area (Å²) in [7, 11) is 0. The van der Waals surface area contributed by atoms with Gasteiger partial charge in [-0.05, 0) is 29.0 Å². The zero-order valence-electron chi connectivity index (χ0n) is 10.5. The van der Waals surface area contributed by atoms with E-state index >= 15 is 0 Å². The van der Waals surface area contributed by atoms with E-state index in [-0.39, 0.29) is 6.04 Å². The van der Waals surface area contributed by atoms with Crippen molar-refractivity contribution in [3.63, 3.8) is 0 Å². The summed E-state index contributed by atoms with van der Waals surface area (Å²) in [6.45, 7) is 2.79. The third-order valence-electron chi connectivity index (χ3n) is 2.65. The van der Waals surface area contributed by atoms with Crippen molar-refractivity contribution < 1.29 is 0 Å². The van der Waals surface area contributed by atoms with Crippen molar-refractivity contribution in [3.05, 3.63) is 30.3 Å². The molecule has 1 unspecified atom stereocenters. The van der Waals surface area contributed by atoms with Crippen molar-refractivity contribution in [3.8, 4) is 5.69 Å². The first-order valence-corrected chi connectivity index (χ1v) is 6.14. The molecule has 1 atom stereocenters. The van der Waals surface area contributed by atoms with E-state index in [0.29, 0.717) is 12.5 Å². The Hall–Kier alpha value is -1.95. The number of tetrazole rings is 1. The molecule has 18 heavy (non-hydrogen) atoms. The summed E-state index contributed by atoms with van der Waals surface area (Å²) in [6, 6.07) is 9.88. The van der Waals surface area contributed by atoms with Gasteiger partial charge in [-0.1, -0.05) is 36.6 Å². The van der Waals surface area contributed by atoms with Crippen LogP contribution in [0, 0.1) is 0 Å².